The van der Waals surface area contributed by atoms with Crippen LogP contribution in [0.15, 0.2) is 170 Å². The Hall–Kier alpha value is -6.36. The summed E-state index contributed by atoms with van der Waals surface area (Å²) in [6, 6.07) is 56.9. The smallest absolute Gasteiger partial charge is 0.0708 e. The molecule has 10 rings (SSSR count). The molecule has 51 heavy (non-hydrogen) atoms. The fourth-order valence-electron chi connectivity index (χ4n) is 7.62. The summed E-state index contributed by atoms with van der Waals surface area (Å²) in [7, 11) is 0. The Labute approximate surface area is 299 Å². The van der Waals surface area contributed by atoms with E-state index in [4.69, 9.17) is 9.97 Å². The summed E-state index contributed by atoms with van der Waals surface area (Å²) in [5, 5.41) is 5.04. The number of nitrogens with zero attached hydrogens (tertiary/aromatic N) is 3. The van der Waals surface area contributed by atoms with Crippen LogP contribution in [-0.4, -0.2) is 14.5 Å². The molecule has 0 saturated heterocycles. The van der Waals surface area contributed by atoms with Crippen molar-refractivity contribution in [2.75, 3.05) is 0 Å². The van der Waals surface area contributed by atoms with Crippen molar-refractivity contribution in [2.24, 2.45) is 0 Å². The molecule has 240 valence electrons. The first-order valence-corrected chi connectivity index (χ1v) is 18.0. The van der Waals surface area contributed by atoms with Gasteiger partial charge in [-0.25, -0.2) is 0 Å². The van der Waals surface area contributed by atoms with Crippen LogP contribution in [0.25, 0.3) is 92.4 Å². The molecule has 0 radical (unpaired) electrons. The minimum atomic E-state index is 0.968. The highest BCUT2D eigenvalue weighted by Crippen LogP contribution is 2.42. The molecular weight excluding hydrogens is 639 g/mol. The Balaban J connectivity index is 1.24. The van der Waals surface area contributed by atoms with Gasteiger partial charge in [0.2, 0.25) is 0 Å². The van der Waals surface area contributed by atoms with Gasteiger partial charge < -0.3 is 4.57 Å². The van der Waals surface area contributed by atoms with Crippen molar-refractivity contribution >= 4 is 53.3 Å². The summed E-state index contributed by atoms with van der Waals surface area (Å²) >= 11 is 1.86. The number of thiophene rings is 1. The molecule has 0 aliphatic heterocycles. The van der Waals surface area contributed by atoms with Crippen LogP contribution in [0.2, 0.25) is 0 Å². The van der Waals surface area contributed by atoms with Crippen LogP contribution < -0.4 is 0 Å². The molecule has 0 unspecified atom stereocenters. The standard InChI is InChI=1S/C47H31N3S/c1-30-16-22-46-40(26-30)41-29-33(19-23-47(41)51-46)50-44-20-17-31(34-10-2-4-12-36(34)42-14-6-8-24-48-42)27-38(44)39-28-32(18-21-45(39)50)35-11-3-5-13-37(35)43-15-7-9-25-49-43/h2-29H,1H3. The quantitative estimate of drug-likeness (QED) is 0.183. The summed E-state index contributed by atoms with van der Waals surface area (Å²) in [4.78, 5) is 9.42. The third-order valence-electron chi connectivity index (χ3n) is 9.99. The first kappa shape index (κ1) is 29.5. The lowest BCUT2D eigenvalue weighted by atomic mass is 9.94. The highest BCUT2D eigenvalue weighted by atomic mass is 32.1. The molecule has 0 N–H and O–H groups in total. The fraction of sp³-hybridized carbons (Fsp3) is 0.0213. The molecule has 4 heterocycles. The van der Waals surface area contributed by atoms with Crippen molar-refractivity contribution in [3.63, 3.8) is 0 Å². The van der Waals surface area contributed by atoms with Crippen LogP contribution >= 0.6 is 11.3 Å². The normalized spacial score (nSPS) is 11.6. The van der Waals surface area contributed by atoms with Gasteiger partial charge in [-0.2, -0.15) is 0 Å². The Morgan fingerprint density at radius 3 is 1.49 bits per heavy atom. The zero-order chi connectivity index (χ0) is 33.9. The van der Waals surface area contributed by atoms with E-state index in [0.717, 1.165) is 50.5 Å². The minimum absolute atomic E-state index is 0.968. The van der Waals surface area contributed by atoms with E-state index in [2.05, 4.69) is 157 Å². The molecule has 0 aliphatic carbocycles. The first-order chi connectivity index (χ1) is 25.2. The Morgan fingerprint density at radius 2 is 0.941 bits per heavy atom. The van der Waals surface area contributed by atoms with Crippen molar-refractivity contribution in [1.82, 2.24) is 14.5 Å². The highest BCUT2D eigenvalue weighted by Gasteiger charge is 2.18. The first-order valence-electron chi connectivity index (χ1n) is 17.2. The number of hydrogen-bond acceptors (Lipinski definition) is 3. The molecule has 0 saturated carbocycles. The van der Waals surface area contributed by atoms with Crippen LogP contribution in [0, 0.1) is 6.92 Å². The zero-order valence-corrected chi connectivity index (χ0v) is 28.7. The topological polar surface area (TPSA) is 30.7 Å². The lowest BCUT2D eigenvalue weighted by Gasteiger charge is -2.11. The summed E-state index contributed by atoms with van der Waals surface area (Å²) in [5.74, 6) is 0. The predicted octanol–water partition coefficient (Wildman–Crippen LogP) is 12.9. The number of fused-ring (bicyclic) bond motifs is 6. The molecule has 10 aromatic rings. The molecule has 0 atom stereocenters. The molecule has 0 aliphatic rings. The van der Waals surface area contributed by atoms with Gasteiger partial charge in [-0.15, -0.1) is 11.3 Å². The summed E-state index contributed by atoms with van der Waals surface area (Å²) in [5.41, 5.74) is 13.6. The van der Waals surface area contributed by atoms with Gasteiger partial charge in [-0.1, -0.05) is 84.4 Å². The SMILES string of the molecule is Cc1ccc2sc3ccc(-n4c5ccc(-c6ccccc6-c6ccccn6)cc5c5cc(-c6ccccc6-c6ccccn6)ccc54)cc3c2c1. The van der Waals surface area contributed by atoms with E-state index in [1.807, 2.05) is 35.9 Å². The van der Waals surface area contributed by atoms with Gasteiger partial charge in [0.25, 0.3) is 0 Å². The summed E-state index contributed by atoms with van der Waals surface area (Å²) < 4.78 is 5.07. The van der Waals surface area contributed by atoms with Gasteiger partial charge in [-0.05, 0) is 108 Å². The van der Waals surface area contributed by atoms with Crippen molar-refractivity contribution in [3.05, 3.63) is 176 Å². The van der Waals surface area contributed by atoms with Gasteiger partial charge in [0, 0.05) is 60.2 Å². The average molecular weight is 670 g/mol. The van der Waals surface area contributed by atoms with Crippen molar-refractivity contribution in [3.8, 4) is 50.5 Å². The Morgan fingerprint density at radius 1 is 0.431 bits per heavy atom. The summed E-state index contributed by atoms with van der Waals surface area (Å²) in [6.07, 6.45) is 3.73. The summed E-state index contributed by atoms with van der Waals surface area (Å²) in [6.45, 7) is 2.17. The molecule has 0 amide bonds. The molecule has 6 aromatic carbocycles. The molecule has 3 nitrogen and oxygen atoms in total. The van der Waals surface area contributed by atoms with Crippen LogP contribution in [0.1, 0.15) is 5.56 Å². The monoisotopic (exact) mass is 669 g/mol. The van der Waals surface area contributed by atoms with E-state index in [-0.39, 0.29) is 0 Å². The van der Waals surface area contributed by atoms with Crippen LogP contribution in [0.5, 0.6) is 0 Å². The molecule has 4 aromatic heterocycles. The fourth-order valence-corrected chi connectivity index (χ4v) is 8.68. The van der Waals surface area contributed by atoms with Gasteiger partial charge >= 0.3 is 0 Å². The third kappa shape index (κ3) is 4.95. The number of pyridine rings is 2. The van der Waals surface area contributed by atoms with E-state index in [1.165, 1.54) is 47.5 Å². The van der Waals surface area contributed by atoms with Crippen molar-refractivity contribution in [2.45, 2.75) is 6.92 Å². The lowest BCUT2D eigenvalue weighted by Crippen LogP contribution is -1.94. The minimum Gasteiger partial charge on any atom is -0.309 e. The Kier molecular flexibility index (Phi) is 6.90. The second-order valence-electron chi connectivity index (χ2n) is 13.1. The Bertz CT molecular complexity index is 2780. The number of rotatable bonds is 5. The second kappa shape index (κ2) is 11.9. The van der Waals surface area contributed by atoms with E-state index < -0.39 is 0 Å². The molecule has 4 heteroatoms. The number of benzene rings is 6. The van der Waals surface area contributed by atoms with Crippen LogP contribution in [0.4, 0.5) is 0 Å². The van der Waals surface area contributed by atoms with Crippen molar-refractivity contribution < 1.29 is 0 Å². The molecular formula is C47H31N3S. The maximum absolute atomic E-state index is 4.71. The van der Waals surface area contributed by atoms with E-state index in [1.54, 1.807) is 0 Å². The van der Waals surface area contributed by atoms with Gasteiger partial charge in [-0.3, -0.25) is 9.97 Å². The maximum atomic E-state index is 4.71. The van der Waals surface area contributed by atoms with Crippen LogP contribution in [0.3, 0.4) is 0 Å². The average Bonchev–Trinajstić information content (AvgIpc) is 3.72. The molecule has 0 fully saturated rings. The third-order valence-corrected chi connectivity index (χ3v) is 11.1. The number of aromatic nitrogens is 3. The van der Waals surface area contributed by atoms with Crippen LogP contribution in [-0.2, 0) is 0 Å². The number of aryl methyl sites for hydroxylation is 1. The molecule has 0 bridgehead atoms. The molecule has 0 spiro atoms. The lowest BCUT2D eigenvalue weighted by molar-refractivity contribution is 1.19. The van der Waals surface area contributed by atoms with E-state index >= 15 is 0 Å². The second-order valence-corrected chi connectivity index (χ2v) is 14.2. The number of hydrogen-bond donors (Lipinski definition) is 0. The maximum Gasteiger partial charge on any atom is 0.0708 e. The van der Waals surface area contributed by atoms with Gasteiger partial charge in [0.1, 0.15) is 0 Å². The van der Waals surface area contributed by atoms with E-state index in [0.29, 0.717) is 0 Å². The highest BCUT2D eigenvalue weighted by molar-refractivity contribution is 7.25. The van der Waals surface area contributed by atoms with Gasteiger partial charge in [0.15, 0.2) is 0 Å². The van der Waals surface area contributed by atoms with Crippen molar-refractivity contribution in [1.29, 1.82) is 0 Å². The van der Waals surface area contributed by atoms with Gasteiger partial charge in [0.05, 0.1) is 22.4 Å². The zero-order valence-electron chi connectivity index (χ0n) is 27.9. The van der Waals surface area contributed by atoms with E-state index in [9.17, 15) is 0 Å². The largest absolute Gasteiger partial charge is 0.309 e. The predicted molar refractivity (Wildman–Crippen MR) is 216 cm³/mol.